The third-order valence-electron chi connectivity index (χ3n) is 1.72. The van der Waals surface area contributed by atoms with Crippen molar-refractivity contribution in [3.63, 3.8) is 0 Å². The van der Waals surface area contributed by atoms with E-state index < -0.39 is 6.61 Å². The van der Waals surface area contributed by atoms with Crippen LogP contribution >= 0.6 is 12.4 Å². The number of aliphatic hydroxyl groups is 2. The topological polar surface area (TPSA) is 90.7 Å². The van der Waals surface area contributed by atoms with E-state index in [0.717, 1.165) is 0 Å². The van der Waals surface area contributed by atoms with Crippen molar-refractivity contribution < 1.29 is 20.1 Å². The Kier molecular flexibility index (Phi) is 5.07. The van der Waals surface area contributed by atoms with Crippen molar-refractivity contribution >= 4 is 18.7 Å². The quantitative estimate of drug-likeness (QED) is 0.623. The molecule has 0 atom stereocenters. The molecule has 0 aliphatic heterocycles. The van der Waals surface area contributed by atoms with Crippen molar-refractivity contribution in [1.82, 2.24) is 4.98 Å². The monoisotopic (exact) mass is 219 g/mol. The Hall–Kier alpha value is -1.17. The van der Waals surface area contributed by atoms with Crippen LogP contribution in [-0.4, -0.2) is 26.6 Å². The molecule has 1 aromatic rings. The first-order chi connectivity index (χ1) is 6.24. The van der Waals surface area contributed by atoms with E-state index in [4.69, 9.17) is 10.2 Å². The van der Waals surface area contributed by atoms with Crippen LogP contribution in [0.2, 0.25) is 0 Å². The second-order valence-electron chi connectivity index (χ2n) is 2.43. The largest absolute Gasteiger partial charge is 0.505 e. The number of hydrogen-bond donors (Lipinski definition) is 3. The predicted octanol–water partition coefficient (Wildman–Crippen LogP) is 0.00610. The number of aromatic nitrogens is 1. The van der Waals surface area contributed by atoms with Gasteiger partial charge in [0.15, 0.2) is 6.29 Å². The molecule has 5 nitrogen and oxygen atoms in total. The minimum absolute atomic E-state index is 0. The maximum Gasteiger partial charge on any atom is 0.172 e. The molecule has 1 rings (SSSR count). The van der Waals surface area contributed by atoms with Gasteiger partial charge in [-0.2, -0.15) is 0 Å². The standard InChI is InChI=1S/C8H9NO4.ClH/c10-2-5-1-9-7(4-12)8(13)6(5)3-11;/h1,4,10-11,13H,2-3H2;1H. The van der Waals surface area contributed by atoms with E-state index in [9.17, 15) is 9.90 Å². The van der Waals surface area contributed by atoms with Gasteiger partial charge in [0.2, 0.25) is 0 Å². The molecule has 1 aromatic heterocycles. The SMILES string of the molecule is Cl.O=Cc1ncc(CO)c(CO)c1O. The number of aldehydes is 1. The average molecular weight is 220 g/mol. The van der Waals surface area contributed by atoms with Gasteiger partial charge < -0.3 is 15.3 Å². The summed E-state index contributed by atoms with van der Waals surface area (Å²) in [5.74, 6) is -0.371. The lowest BCUT2D eigenvalue weighted by atomic mass is 10.1. The fourth-order valence-corrected chi connectivity index (χ4v) is 0.992. The lowest BCUT2D eigenvalue weighted by molar-refractivity contribution is 0.111. The first-order valence-electron chi connectivity index (χ1n) is 3.61. The minimum atomic E-state index is -0.439. The van der Waals surface area contributed by atoms with Crippen molar-refractivity contribution in [2.75, 3.05) is 0 Å². The molecule has 3 N–H and O–H groups in total. The first kappa shape index (κ1) is 12.8. The fourth-order valence-electron chi connectivity index (χ4n) is 0.992. The number of hydrogen-bond acceptors (Lipinski definition) is 5. The van der Waals surface area contributed by atoms with Gasteiger partial charge in [-0.3, -0.25) is 4.79 Å². The van der Waals surface area contributed by atoms with Gasteiger partial charge in [0.05, 0.1) is 13.2 Å². The van der Waals surface area contributed by atoms with Gasteiger partial charge in [0, 0.05) is 17.3 Å². The summed E-state index contributed by atoms with van der Waals surface area (Å²) in [7, 11) is 0. The van der Waals surface area contributed by atoms with Crippen LogP contribution in [0.15, 0.2) is 6.20 Å². The van der Waals surface area contributed by atoms with Crippen molar-refractivity contribution in [3.05, 3.63) is 23.0 Å². The number of carbonyl (C=O) groups is 1. The number of pyridine rings is 1. The van der Waals surface area contributed by atoms with Gasteiger partial charge in [-0.1, -0.05) is 0 Å². The molecule has 14 heavy (non-hydrogen) atoms. The number of carbonyl (C=O) groups excluding carboxylic acids is 1. The van der Waals surface area contributed by atoms with Crippen molar-refractivity contribution in [2.45, 2.75) is 13.2 Å². The summed E-state index contributed by atoms with van der Waals surface area (Å²) < 4.78 is 0. The molecule has 0 bridgehead atoms. The second-order valence-corrected chi connectivity index (χ2v) is 2.43. The smallest absolute Gasteiger partial charge is 0.172 e. The van der Waals surface area contributed by atoms with Gasteiger partial charge in [0.25, 0.3) is 0 Å². The molecule has 0 aromatic carbocycles. The third kappa shape index (κ3) is 2.20. The highest BCUT2D eigenvalue weighted by Crippen LogP contribution is 2.22. The molecule has 6 heteroatoms. The molecule has 0 fully saturated rings. The molecular formula is C8H10ClNO4. The Morgan fingerprint density at radius 3 is 2.43 bits per heavy atom. The van der Waals surface area contributed by atoms with E-state index in [1.807, 2.05) is 0 Å². The van der Waals surface area contributed by atoms with Crippen LogP contribution < -0.4 is 0 Å². The zero-order valence-electron chi connectivity index (χ0n) is 7.17. The predicted molar refractivity (Wildman–Crippen MR) is 50.4 cm³/mol. The molecule has 0 unspecified atom stereocenters. The summed E-state index contributed by atoms with van der Waals surface area (Å²) in [6.07, 6.45) is 1.63. The summed E-state index contributed by atoms with van der Waals surface area (Å²) >= 11 is 0. The second kappa shape index (κ2) is 5.54. The molecule has 0 spiro atoms. The Labute approximate surface area is 86.4 Å². The Balaban J connectivity index is 0.00000169. The van der Waals surface area contributed by atoms with Crippen LogP contribution in [0, 0.1) is 0 Å². The summed E-state index contributed by atoms with van der Waals surface area (Å²) in [6, 6.07) is 0. The molecule has 78 valence electrons. The van der Waals surface area contributed by atoms with Gasteiger partial charge in [0.1, 0.15) is 11.4 Å². The van der Waals surface area contributed by atoms with Crippen LogP contribution in [0.25, 0.3) is 0 Å². The number of rotatable bonds is 3. The fraction of sp³-hybridized carbons (Fsp3) is 0.250. The molecule has 0 radical (unpaired) electrons. The Morgan fingerprint density at radius 1 is 1.36 bits per heavy atom. The van der Waals surface area contributed by atoms with E-state index >= 15 is 0 Å². The lowest BCUT2D eigenvalue weighted by Gasteiger charge is -2.07. The van der Waals surface area contributed by atoms with E-state index in [0.29, 0.717) is 11.8 Å². The zero-order chi connectivity index (χ0) is 9.84. The van der Waals surface area contributed by atoms with Crippen LogP contribution in [0.1, 0.15) is 21.6 Å². The molecule has 0 saturated heterocycles. The number of aliphatic hydroxyl groups excluding tert-OH is 2. The molecule has 1 heterocycles. The summed E-state index contributed by atoms with van der Waals surface area (Å²) in [5, 5.41) is 27.0. The first-order valence-corrected chi connectivity index (χ1v) is 3.61. The third-order valence-corrected chi connectivity index (χ3v) is 1.72. The van der Waals surface area contributed by atoms with E-state index in [-0.39, 0.29) is 36.0 Å². The van der Waals surface area contributed by atoms with E-state index in [2.05, 4.69) is 4.98 Å². The summed E-state index contributed by atoms with van der Waals surface area (Å²) in [6.45, 7) is -0.777. The number of nitrogens with zero attached hydrogens (tertiary/aromatic N) is 1. The van der Waals surface area contributed by atoms with Crippen LogP contribution in [0.3, 0.4) is 0 Å². The molecule has 0 saturated carbocycles. The molecule has 0 amide bonds. The Morgan fingerprint density at radius 2 is 2.00 bits per heavy atom. The van der Waals surface area contributed by atoms with Crippen LogP contribution in [0.4, 0.5) is 0 Å². The summed E-state index contributed by atoms with van der Waals surface area (Å²) in [4.78, 5) is 13.9. The van der Waals surface area contributed by atoms with Crippen molar-refractivity contribution in [2.24, 2.45) is 0 Å². The minimum Gasteiger partial charge on any atom is -0.505 e. The van der Waals surface area contributed by atoms with Gasteiger partial charge >= 0.3 is 0 Å². The van der Waals surface area contributed by atoms with Gasteiger partial charge in [-0.25, -0.2) is 4.98 Å². The average Bonchev–Trinajstić information content (AvgIpc) is 2.17. The highest BCUT2D eigenvalue weighted by molar-refractivity contribution is 5.85. The maximum atomic E-state index is 10.3. The molecular weight excluding hydrogens is 210 g/mol. The zero-order valence-corrected chi connectivity index (χ0v) is 7.99. The maximum absolute atomic E-state index is 10.3. The highest BCUT2D eigenvalue weighted by Gasteiger charge is 2.11. The molecule has 0 aliphatic rings. The highest BCUT2D eigenvalue weighted by atomic mass is 35.5. The van der Waals surface area contributed by atoms with Gasteiger partial charge in [-0.05, 0) is 0 Å². The van der Waals surface area contributed by atoms with Crippen LogP contribution in [-0.2, 0) is 13.2 Å². The molecule has 0 aliphatic carbocycles. The van der Waals surface area contributed by atoms with E-state index in [1.165, 1.54) is 6.20 Å². The Bertz CT molecular complexity index is 329. The normalized spacial score (nSPS) is 9.29. The lowest BCUT2D eigenvalue weighted by Crippen LogP contribution is -2.00. The summed E-state index contributed by atoms with van der Waals surface area (Å²) in [5.41, 5.74) is 0.312. The van der Waals surface area contributed by atoms with Crippen LogP contribution in [0.5, 0.6) is 5.75 Å². The number of aromatic hydroxyl groups is 1. The number of halogens is 1. The van der Waals surface area contributed by atoms with Gasteiger partial charge in [-0.15, -0.1) is 12.4 Å². The van der Waals surface area contributed by atoms with E-state index in [1.54, 1.807) is 0 Å². The van der Waals surface area contributed by atoms with Crippen molar-refractivity contribution in [3.8, 4) is 5.75 Å². The van der Waals surface area contributed by atoms with Crippen molar-refractivity contribution in [1.29, 1.82) is 0 Å².